The van der Waals surface area contributed by atoms with Crippen LogP contribution in [0.4, 0.5) is 0 Å². The lowest BCUT2D eigenvalue weighted by atomic mass is 9.93. The molecular weight excluding hydrogens is 248 g/mol. The highest BCUT2D eigenvalue weighted by molar-refractivity contribution is 5.48. The van der Waals surface area contributed by atoms with E-state index in [1.54, 1.807) is 7.11 Å². The summed E-state index contributed by atoms with van der Waals surface area (Å²) < 4.78 is 5.60. The summed E-state index contributed by atoms with van der Waals surface area (Å²) >= 11 is 0. The fourth-order valence-electron chi connectivity index (χ4n) is 2.63. The fraction of sp³-hybridized carbons (Fsp3) is 0.353. The van der Waals surface area contributed by atoms with Crippen LogP contribution in [0.25, 0.3) is 0 Å². The van der Waals surface area contributed by atoms with Crippen molar-refractivity contribution in [2.24, 2.45) is 0 Å². The Morgan fingerprint density at radius 1 is 1.20 bits per heavy atom. The van der Waals surface area contributed by atoms with Crippen molar-refractivity contribution in [2.75, 3.05) is 13.7 Å². The molecular formula is C17H22N2O. The van der Waals surface area contributed by atoms with Crippen molar-refractivity contribution >= 4 is 0 Å². The van der Waals surface area contributed by atoms with E-state index in [1.807, 2.05) is 24.5 Å². The maximum Gasteiger partial charge on any atom is 0.124 e. The molecule has 2 rings (SSSR count). The molecule has 2 aromatic rings. The third kappa shape index (κ3) is 2.99. The van der Waals surface area contributed by atoms with Gasteiger partial charge >= 0.3 is 0 Å². The molecule has 0 aliphatic carbocycles. The molecule has 0 bridgehead atoms. The lowest BCUT2D eigenvalue weighted by molar-refractivity contribution is 0.403. The first-order valence-electron chi connectivity index (χ1n) is 6.95. The van der Waals surface area contributed by atoms with Gasteiger partial charge in [0.25, 0.3) is 0 Å². The molecule has 1 unspecified atom stereocenters. The second-order valence-corrected chi connectivity index (χ2v) is 4.97. The van der Waals surface area contributed by atoms with Gasteiger partial charge in [-0.15, -0.1) is 0 Å². The largest absolute Gasteiger partial charge is 0.496 e. The van der Waals surface area contributed by atoms with Gasteiger partial charge in [-0.3, -0.25) is 4.98 Å². The summed E-state index contributed by atoms with van der Waals surface area (Å²) in [6.45, 7) is 7.23. The molecule has 0 aliphatic heterocycles. The van der Waals surface area contributed by atoms with Gasteiger partial charge in [-0.2, -0.15) is 0 Å². The average molecular weight is 270 g/mol. The van der Waals surface area contributed by atoms with Crippen LogP contribution < -0.4 is 10.1 Å². The molecule has 1 heterocycles. The van der Waals surface area contributed by atoms with Crippen LogP contribution in [0.2, 0.25) is 0 Å². The zero-order chi connectivity index (χ0) is 14.5. The van der Waals surface area contributed by atoms with Gasteiger partial charge in [0.1, 0.15) is 5.75 Å². The molecule has 1 aromatic carbocycles. The number of aromatic nitrogens is 1. The predicted octanol–water partition coefficient (Wildman–Crippen LogP) is 3.41. The molecule has 1 atom stereocenters. The number of aryl methyl sites for hydroxylation is 2. The van der Waals surface area contributed by atoms with E-state index in [9.17, 15) is 0 Å². The maximum absolute atomic E-state index is 5.60. The predicted molar refractivity (Wildman–Crippen MR) is 82.2 cm³/mol. The third-order valence-corrected chi connectivity index (χ3v) is 3.45. The first-order valence-corrected chi connectivity index (χ1v) is 6.95. The van der Waals surface area contributed by atoms with Crippen molar-refractivity contribution in [2.45, 2.75) is 26.8 Å². The molecule has 20 heavy (non-hydrogen) atoms. The molecule has 0 spiro atoms. The van der Waals surface area contributed by atoms with Crippen molar-refractivity contribution in [3.05, 3.63) is 58.9 Å². The lowest BCUT2D eigenvalue weighted by Gasteiger charge is -2.23. The summed E-state index contributed by atoms with van der Waals surface area (Å²) in [4.78, 5) is 4.10. The summed E-state index contributed by atoms with van der Waals surface area (Å²) in [6.07, 6.45) is 3.66. The number of nitrogens with zero attached hydrogens (tertiary/aromatic N) is 1. The normalized spacial score (nSPS) is 12.2. The Morgan fingerprint density at radius 3 is 2.50 bits per heavy atom. The van der Waals surface area contributed by atoms with Gasteiger partial charge in [-0.25, -0.2) is 0 Å². The number of hydrogen-bond donors (Lipinski definition) is 1. The molecule has 0 fully saturated rings. The molecule has 3 nitrogen and oxygen atoms in total. The minimum atomic E-state index is 0.124. The van der Waals surface area contributed by atoms with E-state index in [2.05, 4.69) is 43.2 Å². The maximum atomic E-state index is 5.60. The molecule has 3 heteroatoms. The van der Waals surface area contributed by atoms with Crippen molar-refractivity contribution < 1.29 is 4.74 Å². The summed E-state index contributed by atoms with van der Waals surface area (Å²) in [6, 6.07) is 8.51. The molecule has 1 N–H and O–H groups in total. The van der Waals surface area contributed by atoms with E-state index in [0.717, 1.165) is 12.3 Å². The zero-order valence-electron chi connectivity index (χ0n) is 12.6. The number of rotatable bonds is 5. The highest BCUT2D eigenvalue weighted by atomic mass is 16.5. The highest BCUT2D eigenvalue weighted by Crippen LogP contribution is 2.33. The van der Waals surface area contributed by atoms with Crippen molar-refractivity contribution in [3.8, 4) is 5.75 Å². The SMILES string of the molecule is CCNC(c1ccncc1)c1c(C)cc(C)cc1OC. The molecule has 0 radical (unpaired) electrons. The third-order valence-electron chi connectivity index (χ3n) is 3.45. The van der Waals surface area contributed by atoms with E-state index in [4.69, 9.17) is 4.74 Å². The monoisotopic (exact) mass is 270 g/mol. The lowest BCUT2D eigenvalue weighted by Crippen LogP contribution is -2.23. The van der Waals surface area contributed by atoms with Gasteiger partial charge in [0.2, 0.25) is 0 Å². The zero-order valence-corrected chi connectivity index (χ0v) is 12.6. The van der Waals surface area contributed by atoms with Gasteiger partial charge in [0.05, 0.1) is 13.2 Å². The molecule has 1 aromatic heterocycles. The van der Waals surface area contributed by atoms with E-state index < -0.39 is 0 Å². The van der Waals surface area contributed by atoms with Gasteiger partial charge in [0, 0.05) is 18.0 Å². The fourth-order valence-corrected chi connectivity index (χ4v) is 2.63. The Morgan fingerprint density at radius 2 is 1.90 bits per heavy atom. The Balaban J connectivity index is 2.55. The quantitative estimate of drug-likeness (QED) is 0.904. The van der Waals surface area contributed by atoms with Gasteiger partial charge in [-0.05, 0) is 55.3 Å². The number of benzene rings is 1. The summed E-state index contributed by atoms with van der Waals surface area (Å²) in [5.74, 6) is 0.935. The van der Waals surface area contributed by atoms with Gasteiger partial charge < -0.3 is 10.1 Å². The van der Waals surface area contributed by atoms with E-state index in [-0.39, 0.29) is 6.04 Å². The minimum Gasteiger partial charge on any atom is -0.496 e. The van der Waals surface area contributed by atoms with Crippen LogP contribution in [-0.2, 0) is 0 Å². The van der Waals surface area contributed by atoms with Crippen molar-refractivity contribution in [3.63, 3.8) is 0 Å². The number of ether oxygens (including phenoxy) is 1. The van der Waals surface area contributed by atoms with Crippen LogP contribution in [0.15, 0.2) is 36.7 Å². The van der Waals surface area contributed by atoms with Crippen LogP contribution in [0.3, 0.4) is 0 Å². The number of methoxy groups -OCH3 is 1. The van der Waals surface area contributed by atoms with Gasteiger partial charge in [0.15, 0.2) is 0 Å². The minimum absolute atomic E-state index is 0.124. The van der Waals surface area contributed by atoms with Crippen LogP contribution in [-0.4, -0.2) is 18.6 Å². The Bertz CT molecular complexity index is 567. The summed E-state index contributed by atoms with van der Waals surface area (Å²) in [7, 11) is 1.73. The molecule has 106 valence electrons. The molecule has 0 saturated carbocycles. The molecule has 0 amide bonds. The van der Waals surface area contributed by atoms with Crippen LogP contribution in [0, 0.1) is 13.8 Å². The standard InChI is InChI=1S/C17H22N2O/c1-5-19-17(14-6-8-18-9-7-14)16-13(3)10-12(2)11-15(16)20-4/h6-11,17,19H,5H2,1-4H3. The number of hydrogen-bond acceptors (Lipinski definition) is 3. The van der Waals surface area contributed by atoms with E-state index in [1.165, 1.54) is 22.3 Å². The first kappa shape index (κ1) is 14.5. The summed E-state index contributed by atoms with van der Waals surface area (Å²) in [5.41, 5.74) is 4.86. The average Bonchev–Trinajstić information content (AvgIpc) is 2.45. The first-order chi connectivity index (χ1) is 9.67. The van der Waals surface area contributed by atoms with Crippen LogP contribution in [0.1, 0.15) is 35.2 Å². The van der Waals surface area contributed by atoms with Crippen LogP contribution >= 0.6 is 0 Å². The number of pyridine rings is 1. The van der Waals surface area contributed by atoms with E-state index in [0.29, 0.717) is 0 Å². The Hall–Kier alpha value is -1.87. The Labute approximate surface area is 121 Å². The molecule has 0 saturated heterocycles. The Kier molecular flexibility index (Phi) is 4.74. The van der Waals surface area contributed by atoms with Crippen LogP contribution in [0.5, 0.6) is 5.75 Å². The van der Waals surface area contributed by atoms with Gasteiger partial charge in [-0.1, -0.05) is 13.0 Å². The second-order valence-electron chi connectivity index (χ2n) is 4.97. The smallest absolute Gasteiger partial charge is 0.124 e. The molecule has 0 aliphatic rings. The highest BCUT2D eigenvalue weighted by Gasteiger charge is 2.19. The summed E-state index contributed by atoms with van der Waals surface area (Å²) in [5, 5.41) is 3.54. The van der Waals surface area contributed by atoms with Crippen molar-refractivity contribution in [1.82, 2.24) is 10.3 Å². The van der Waals surface area contributed by atoms with E-state index >= 15 is 0 Å². The second kappa shape index (κ2) is 6.53. The van der Waals surface area contributed by atoms with Crippen molar-refractivity contribution in [1.29, 1.82) is 0 Å². The number of nitrogens with one attached hydrogen (secondary N) is 1. The topological polar surface area (TPSA) is 34.2 Å².